The van der Waals surface area contributed by atoms with Crippen molar-refractivity contribution in [3.63, 3.8) is 0 Å². The minimum absolute atomic E-state index is 0.0246. The Morgan fingerprint density at radius 2 is 2.00 bits per heavy atom. The number of hydrogen-bond donors (Lipinski definition) is 1. The van der Waals surface area contributed by atoms with E-state index in [1.54, 1.807) is 18.2 Å². The number of aliphatic hydroxyl groups is 1. The van der Waals surface area contributed by atoms with E-state index in [9.17, 15) is 9.90 Å². The molecule has 1 N–H and O–H groups in total. The molecule has 0 fully saturated rings. The summed E-state index contributed by atoms with van der Waals surface area (Å²) in [4.78, 5) is 11.6. The van der Waals surface area contributed by atoms with Gasteiger partial charge in [0, 0.05) is 6.42 Å². The maximum absolute atomic E-state index is 11.6. The van der Waals surface area contributed by atoms with Crippen molar-refractivity contribution in [2.45, 2.75) is 12.5 Å². The van der Waals surface area contributed by atoms with Crippen molar-refractivity contribution in [1.82, 2.24) is 0 Å². The van der Waals surface area contributed by atoms with E-state index in [0.29, 0.717) is 5.76 Å². The van der Waals surface area contributed by atoms with Crippen LogP contribution in [0, 0.1) is 0 Å². The molecule has 0 amide bonds. The Morgan fingerprint density at radius 3 is 2.67 bits per heavy atom. The molecule has 0 unspecified atom stereocenters. The molecule has 18 heavy (non-hydrogen) atoms. The minimum atomic E-state index is -0.882. The highest BCUT2D eigenvalue weighted by molar-refractivity contribution is 5.93. The third-order valence-electron chi connectivity index (χ3n) is 2.53. The summed E-state index contributed by atoms with van der Waals surface area (Å²) in [5, 5.41) is 9.73. The number of allylic oxidation sites excluding steroid dienone is 1. The number of rotatable bonds is 5. The van der Waals surface area contributed by atoms with Crippen LogP contribution in [0.25, 0.3) is 6.08 Å². The van der Waals surface area contributed by atoms with Crippen LogP contribution in [-0.2, 0) is 4.79 Å². The fourth-order valence-corrected chi connectivity index (χ4v) is 1.59. The average molecular weight is 242 g/mol. The van der Waals surface area contributed by atoms with Crippen molar-refractivity contribution in [1.29, 1.82) is 0 Å². The molecule has 1 heterocycles. The highest BCUT2D eigenvalue weighted by Crippen LogP contribution is 2.17. The quantitative estimate of drug-likeness (QED) is 0.820. The van der Waals surface area contributed by atoms with Crippen molar-refractivity contribution < 1.29 is 14.3 Å². The zero-order valence-electron chi connectivity index (χ0n) is 9.82. The molecule has 2 rings (SSSR count). The molecule has 0 spiro atoms. The Hall–Kier alpha value is -2.13. The van der Waals surface area contributed by atoms with E-state index >= 15 is 0 Å². The van der Waals surface area contributed by atoms with Gasteiger partial charge in [0.1, 0.15) is 11.9 Å². The van der Waals surface area contributed by atoms with Crippen molar-refractivity contribution in [2.75, 3.05) is 0 Å². The summed E-state index contributed by atoms with van der Waals surface area (Å²) in [5.74, 6) is 0.277. The van der Waals surface area contributed by atoms with Gasteiger partial charge in [-0.05, 0) is 23.8 Å². The minimum Gasteiger partial charge on any atom is -0.467 e. The van der Waals surface area contributed by atoms with Crippen molar-refractivity contribution in [2.24, 2.45) is 0 Å². The van der Waals surface area contributed by atoms with Gasteiger partial charge in [-0.15, -0.1) is 0 Å². The zero-order valence-corrected chi connectivity index (χ0v) is 9.82. The summed E-state index contributed by atoms with van der Waals surface area (Å²) in [6.07, 6.45) is 3.83. The molecule has 0 saturated carbocycles. The largest absolute Gasteiger partial charge is 0.467 e. The first-order valence-electron chi connectivity index (χ1n) is 5.73. The highest BCUT2D eigenvalue weighted by Gasteiger charge is 2.13. The molecule has 0 aliphatic heterocycles. The molecule has 3 heteroatoms. The maximum Gasteiger partial charge on any atom is 0.158 e. The lowest BCUT2D eigenvalue weighted by Gasteiger charge is -2.03. The number of carbonyl (C=O) groups is 1. The van der Waals surface area contributed by atoms with Crippen LogP contribution in [0.4, 0.5) is 0 Å². The van der Waals surface area contributed by atoms with Gasteiger partial charge >= 0.3 is 0 Å². The van der Waals surface area contributed by atoms with E-state index in [2.05, 4.69) is 0 Å². The van der Waals surface area contributed by atoms with Gasteiger partial charge in [0.2, 0.25) is 0 Å². The Balaban J connectivity index is 1.91. The second-order valence-electron chi connectivity index (χ2n) is 3.95. The summed E-state index contributed by atoms with van der Waals surface area (Å²) in [6.45, 7) is 0. The standard InChI is InChI=1S/C15H14O3/c16-13(9-8-12-5-2-1-3-6-12)11-14(17)15-7-4-10-18-15/h1-10,14,17H,11H2/b9-8+/t14-/m1/s1. The van der Waals surface area contributed by atoms with Gasteiger partial charge in [-0.3, -0.25) is 4.79 Å². The SMILES string of the molecule is O=C(/C=C/c1ccccc1)C[C@@H](O)c1ccco1. The second kappa shape index (κ2) is 5.98. The molecule has 0 radical (unpaired) electrons. The number of carbonyl (C=O) groups excluding carboxylic acids is 1. The number of furan rings is 1. The Bertz CT molecular complexity index is 512. The number of hydrogen-bond acceptors (Lipinski definition) is 3. The predicted octanol–water partition coefficient (Wildman–Crippen LogP) is 2.99. The van der Waals surface area contributed by atoms with E-state index in [1.165, 1.54) is 12.3 Å². The van der Waals surface area contributed by atoms with Crippen LogP contribution in [0.2, 0.25) is 0 Å². The van der Waals surface area contributed by atoms with Crippen LogP contribution in [0.15, 0.2) is 59.2 Å². The Morgan fingerprint density at radius 1 is 1.22 bits per heavy atom. The van der Waals surface area contributed by atoms with Crippen LogP contribution >= 0.6 is 0 Å². The number of aliphatic hydroxyl groups excluding tert-OH is 1. The molecule has 92 valence electrons. The van der Waals surface area contributed by atoms with Crippen LogP contribution in [0.3, 0.4) is 0 Å². The van der Waals surface area contributed by atoms with Gasteiger partial charge in [-0.1, -0.05) is 36.4 Å². The fraction of sp³-hybridized carbons (Fsp3) is 0.133. The molecule has 1 aromatic heterocycles. The number of ketones is 1. The second-order valence-corrected chi connectivity index (χ2v) is 3.95. The molecular weight excluding hydrogens is 228 g/mol. The Kier molecular flexibility index (Phi) is 4.10. The van der Waals surface area contributed by atoms with Gasteiger partial charge in [0.25, 0.3) is 0 Å². The highest BCUT2D eigenvalue weighted by atomic mass is 16.4. The van der Waals surface area contributed by atoms with E-state index in [0.717, 1.165) is 5.56 Å². The summed E-state index contributed by atoms with van der Waals surface area (Å²) < 4.78 is 5.03. The van der Waals surface area contributed by atoms with E-state index in [1.807, 2.05) is 30.3 Å². The van der Waals surface area contributed by atoms with Gasteiger partial charge < -0.3 is 9.52 Å². The van der Waals surface area contributed by atoms with Crippen LogP contribution < -0.4 is 0 Å². The van der Waals surface area contributed by atoms with Gasteiger partial charge in [0.05, 0.1) is 6.26 Å². The van der Waals surface area contributed by atoms with Crippen LogP contribution in [0.1, 0.15) is 23.8 Å². The lowest BCUT2D eigenvalue weighted by Crippen LogP contribution is -2.03. The van der Waals surface area contributed by atoms with Crippen LogP contribution in [-0.4, -0.2) is 10.9 Å². The summed E-state index contributed by atoms with van der Waals surface area (Å²) in [6, 6.07) is 12.9. The summed E-state index contributed by atoms with van der Waals surface area (Å²) >= 11 is 0. The van der Waals surface area contributed by atoms with Gasteiger partial charge in [-0.25, -0.2) is 0 Å². The molecule has 1 atom stereocenters. The molecule has 0 aliphatic carbocycles. The molecule has 2 aromatic rings. The van der Waals surface area contributed by atoms with Gasteiger partial charge in [0.15, 0.2) is 5.78 Å². The van der Waals surface area contributed by atoms with E-state index in [-0.39, 0.29) is 12.2 Å². The molecule has 0 bridgehead atoms. The number of benzene rings is 1. The smallest absolute Gasteiger partial charge is 0.158 e. The summed E-state index contributed by atoms with van der Waals surface area (Å²) in [7, 11) is 0. The topological polar surface area (TPSA) is 50.4 Å². The molecule has 1 aromatic carbocycles. The summed E-state index contributed by atoms with van der Waals surface area (Å²) in [5.41, 5.74) is 0.957. The van der Waals surface area contributed by atoms with E-state index in [4.69, 9.17) is 4.42 Å². The van der Waals surface area contributed by atoms with Crippen LogP contribution in [0.5, 0.6) is 0 Å². The zero-order chi connectivity index (χ0) is 12.8. The van der Waals surface area contributed by atoms with Gasteiger partial charge in [-0.2, -0.15) is 0 Å². The molecule has 0 aliphatic rings. The molecular formula is C15H14O3. The fourth-order valence-electron chi connectivity index (χ4n) is 1.59. The molecule has 0 saturated heterocycles. The first-order chi connectivity index (χ1) is 8.75. The third-order valence-corrected chi connectivity index (χ3v) is 2.53. The first kappa shape index (κ1) is 12.3. The maximum atomic E-state index is 11.6. The predicted molar refractivity (Wildman–Crippen MR) is 68.8 cm³/mol. The molecule has 3 nitrogen and oxygen atoms in total. The van der Waals surface area contributed by atoms with Crippen molar-refractivity contribution in [3.05, 3.63) is 66.1 Å². The van der Waals surface area contributed by atoms with E-state index < -0.39 is 6.10 Å². The Labute approximate surface area is 105 Å². The normalized spacial score (nSPS) is 12.7. The monoisotopic (exact) mass is 242 g/mol. The van der Waals surface area contributed by atoms with Crippen molar-refractivity contribution in [3.8, 4) is 0 Å². The van der Waals surface area contributed by atoms with Crippen molar-refractivity contribution >= 4 is 11.9 Å². The lowest BCUT2D eigenvalue weighted by atomic mass is 10.1. The average Bonchev–Trinajstić information content (AvgIpc) is 2.91. The third kappa shape index (κ3) is 3.43. The lowest BCUT2D eigenvalue weighted by molar-refractivity contribution is -0.116. The first-order valence-corrected chi connectivity index (χ1v) is 5.73.